The molecule has 1 aromatic carbocycles. The summed E-state index contributed by atoms with van der Waals surface area (Å²) in [5.41, 5.74) is 0.665. The molecule has 2 aromatic rings. The quantitative estimate of drug-likeness (QED) is 0.791. The van der Waals surface area contributed by atoms with Crippen molar-refractivity contribution >= 4 is 27.0 Å². The van der Waals surface area contributed by atoms with Crippen LogP contribution in [0.15, 0.2) is 27.7 Å². The van der Waals surface area contributed by atoms with Crippen molar-refractivity contribution in [3.8, 4) is 0 Å². The number of piperidine rings is 2. The van der Waals surface area contributed by atoms with Gasteiger partial charge in [0.15, 0.2) is 5.52 Å². The molecule has 0 unspecified atom stereocenters. The van der Waals surface area contributed by atoms with Crippen LogP contribution in [-0.2, 0) is 14.8 Å². The van der Waals surface area contributed by atoms with Crippen molar-refractivity contribution in [1.82, 2.24) is 19.5 Å². The number of aromatic nitrogens is 2. The molecule has 9 heteroatoms. The van der Waals surface area contributed by atoms with Crippen LogP contribution in [0.4, 0.5) is 0 Å². The predicted octanol–water partition coefficient (Wildman–Crippen LogP) is 1.88. The standard InChI is InChI=1S/C18H24N4O4S/c1-13-4-3-9-21(12-13)18(23)14-7-10-22(11-8-14)27(24,25)16-6-2-5-15-17(16)20-26-19-15/h2,5-6,13-14H,3-4,7-12H2,1H3/t13-/m1/s1. The van der Waals surface area contributed by atoms with Crippen LogP contribution in [0.25, 0.3) is 11.0 Å². The highest BCUT2D eigenvalue weighted by Gasteiger charge is 2.35. The normalized spacial score (nSPS) is 23.0. The second-order valence-corrected chi connectivity index (χ2v) is 9.50. The largest absolute Gasteiger partial charge is 0.342 e. The molecule has 2 aliphatic heterocycles. The van der Waals surface area contributed by atoms with Crippen molar-refractivity contribution in [3.63, 3.8) is 0 Å². The molecule has 0 spiro atoms. The predicted molar refractivity (Wildman–Crippen MR) is 98.3 cm³/mol. The van der Waals surface area contributed by atoms with Gasteiger partial charge in [0, 0.05) is 32.1 Å². The van der Waals surface area contributed by atoms with Crippen molar-refractivity contribution in [2.75, 3.05) is 26.2 Å². The first kappa shape index (κ1) is 18.4. The second-order valence-electron chi connectivity index (χ2n) is 7.60. The number of nitrogens with zero attached hydrogens (tertiary/aromatic N) is 4. The number of hydrogen-bond acceptors (Lipinski definition) is 6. The summed E-state index contributed by atoms with van der Waals surface area (Å²) in [6.07, 6.45) is 3.32. The van der Waals surface area contributed by atoms with E-state index in [9.17, 15) is 13.2 Å². The van der Waals surface area contributed by atoms with Gasteiger partial charge in [-0.3, -0.25) is 4.79 Å². The third-order valence-electron chi connectivity index (χ3n) is 5.64. The van der Waals surface area contributed by atoms with E-state index in [2.05, 4.69) is 21.9 Å². The Morgan fingerprint density at radius 1 is 1.15 bits per heavy atom. The van der Waals surface area contributed by atoms with Crippen LogP contribution in [-0.4, -0.2) is 60.0 Å². The summed E-state index contributed by atoms with van der Waals surface area (Å²) >= 11 is 0. The molecule has 0 saturated carbocycles. The summed E-state index contributed by atoms with van der Waals surface area (Å²) in [5, 5.41) is 7.45. The van der Waals surface area contributed by atoms with E-state index < -0.39 is 10.0 Å². The first-order valence-electron chi connectivity index (χ1n) is 9.47. The zero-order valence-electron chi connectivity index (χ0n) is 15.4. The Balaban J connectivity index is 1.46. The molecule has 8 nitrogen and oxygen atoms in total. The highest BCUT2D eigenvalue weighted by molar-refractivity contribution is 7.89. The smallest absolute Gasteiger partial charge is 0.245 e. The summed E-state index contributed by atoms with van der Waals surface area (Å²) < 4.78 is 32.2. The first-order valence-corrected chi connectivity index (χ1v) is 10.9. The summed E-state index contributed by atoms with van der Waals surface area (Å²) in [5.74, 6) is 0.632. The zero-order valence-corrected chi connectivity index (χ0v) is 16.2. The fourth-order valence-electron chi connectivity index (χ4n) is 4.12. The molecule has 27 heavy (non-hydrogen) atoms. The molecule has 4 rings (SSSR count). The molecule has 0 N–H and O–H groups in total. The van der Waals surface area contributed by atoms with Crippen molar-refractivity contribution < 1.29 is 17.8 Å². The van der Waals surface area contributed by atoms with Crippen LogP contribution in [0.1, 0.15) is 32.6 Å². The molecule has 2 fully saturated rings. The SMILES string of the molecule is C[C@@H]1CCCN(C(=O)C2CCN(S(=O)(=O)c3cccc4nonc34)CC2)C1. The van der Waals surface area contributed by atoms with Crippen LogP contribution >= 0.6 is 0 Å². The van der Waals surface area contributed by atoms with E-state index in [1.54, 1.807) is 12.1 Å². The Hall–Kier alpha value is -2.00. The number of carbonyl (C=O) groups excluding carboxylic acids is 1. The van der Waals surface area contributed by atoms with Crippen LogP contribution in [0.2, 0.25) is 0 Å². The fraction of sp³-hybridized carbons (Fsp3) is 0.611. The molecule has 3 heterocycles. The molecule has 1 amide bonds. The molecule has 0 radical (unpaired) electrons. The van der Waals surface area contributed by atoms with Gasteiger partial charge in [-0.2, -0.15) is 4.31 Å². The van der Waals surface area contributed by atoms with Gasteiger partial charge in [0.2, 0.25) is 15.9 Å². The maximum atomic E-state index is 13.0. The number of rotatable bonds is 3. The van der Waals surface area contributed by atoms with E-state index in [1.807, 2.05) is 4.90 Å². The molecule has 0 bridgehead atoms. The topological polar surface area (TPSA) is 96.6 Å². The van der Waals surface area contributed by atoms with E-state index in [0.717, 1.165) is 19.5 Å². The van der Waals surface area contributed by atoms with E-state index >= 15 is 0 Å². The minimum Gasteiger partial charge on any atom is -0.342 e. The Morgan fingerprint density at radius 3 is 2.67 bits per heavy atom. The van der Waals surface area contributed by atoms with Crippen LogP contribution < -0.4 is 0 Å². The fourth-order valence-corrected chi connectivity index (χ4v) is 5.73. The maximum absolute atomic E-state index is 13.0. The molecule has 146 valence electrons. The first-order chi connectivity index (χ1) is 13.0. The summed E-state index contributed by atoms with van der Waals surface area (Å²) in [6.45, 7) is 4.49. The number of benzene rings is 1. The van der Waals surface area contributed by atoms with E-state index in [4.69, 9.17) is 0 Å². The Labute approximate surface area is 158 Å². The second kappa shape index (κ2) is 7.20. The van der Waals surface area contributed by atoms with Gasteiger partial charge in [-0.15, -0.1) is 0 Å². The van der Waals surface area contributed by atoms with Crippen LogP contribution in [0.5, 0.6) is 0 Å². The van der Waals surface area contributed by atoms with Gasteiger partial charge < -0.3 is 4.90 Å². The molecular weight excluding hydrogens is 368 g/mol. The van der Waals surface area contributed by atoms with Gasteiger partial charge in [0.25, 0.3) is 0 Å². The third-order valence-corrected chi connectivity index (χ3v) is 7.57. The molecule has 2 aliphatic rings. The molecular formula is C18H24N4O4S. The zero-order chi connectivity index (χ0) is 19.0. The van der Waals surface area contributed by atoms with Crippen molar-refractivity contribution in [2.45, 2.75) is 37.5 Å². The highest BCUT2D eigenvalue weighted by atomic mass is 32.2. The highest BCUT2D eigenvalue weighted by Crippen LogP contribution is 2.29. The minimum atomic E-state index is -3.70. The summed E-state index contributed by atoms with van der Waals surface area (Å²) in [4.78, 5) is 14.9. The van der Waals surface area contributed by atoms with Gasteiger partial charge in [-0.1, -0.05) is 13.0 Å². The lowest BCUT2D eigenvalue weighted by molar-refractivity contribution is -0.138. The number of fused-ring (bicyclic) bond motifs is 1. The lowest BCUT2D eigenvalue weighted by Gasteiger charge is -2.36. The van der Waals surface area contributed by atoms with E-state index in [-0.39, 0.29) is 22.2 Å². The maximum Gasteiger partial charge on any atom is 0.245 e. The Morgan fingerprint density at radius 2 is 1.93 bits per heavy atom. The molecule has 0 aliphatic carbocycles. The number of sulfonamides is 1. The number of carbonyl (C=O) groups is 1. The van der Waals surface area contributed by atoms with Gasteiger partial charge in [-0.05, 0) is 54.0 Å². The van der Waals surface area contributed by atoms with E-state index in [1.165, 1.54) is 16.8 Å². The van der Waals surface area contributed by atoms with Crippen LogP contribution in [0.3, 0.4) is 0 Å². The monoisotopic (exact) mass is 392 g/mol. The number of amides is 1. The number of hydrogen-bond donors (Lipinski definition) is 0. The molecule has 1 aromatic heterocycles. The Bertz CT molecular complexity index is 934. The minimum absolute atomic E-state index is 0.0914. The lowest BCUT2D eigenvalue weighted by Crippen LogP contribution is -2.46. The lowest BCUT2D eigenvalue weighted by atomic mass is 9.93. The Kier molecular flexibility index (Phi) is 4.90. The van der Waals surface area contributed by atoms with E-state index in [0.29, 0.717) is 37.4 Å². The van der Waals surface area contributed by atoms with Gasteiger partial charge >= 0.3 is 0 Å². The molecule has 2 saturated heterocycles. The van der Waals surface area contributed by atoms with Crippen molar-refractivity contribution in [3.05, 3.63) is 18.2 Å². The number of likely N-dealkylation sites (tertiary alicyclic amines) is 1. The van der Waals surface area contributed by atoms with Crippen molar-refractivity contribution in [2.24, 2.45) is 11.8 Å². The van der Waals surface area contributed by atoms with Crippen LogP contribution in [0, 0.1) is 11.8 Å². The molecule has 1 atom stereocenters. The average Bonchev–Trinajstić information content (AvgIpc) is 3.16. The van der Waals surface area contributed by atoms with Gasteiger partial charge in [0.05, 0.1) is 0 Å². The summed E-state index contributed by atoms with van der Waals surface area (Å²) in [6, 6.07) is 4.82. The van der Waals surface area contributed by atoms with Gasteiger partial charge in [-0.25, -0.2) is 13.0 Å². The van der Waals surface area contributed by atoms with Gasteiger partial charge in [0.1, 0.15) is 10.4 Å². The summed E-state index contributed by atoms with van der Waals surface area (Å²) in [7, 11) is -3.70. The van der Waals surface area contributed by atoms with Crippen molar-refractivity contribution in [1.29, 1.82) is 0 Å². The average molecular weight is 392 g/mol. The third kappa shape index (κ3) is 3.45.